The molecule has 0 aliphatic rings. The molecule has 0 fully saturated rings. The molecule has 0 spiro atoms. The predicted molar refractivity (Wildman–Crippen MR) is 64.8 cm³/mol. The van der Waals surface area contributed by atoms with Gasteiger partial charge in [-0.2, -0.15) is 0 Å². The Morgan fingerprint density at radius 1 is 1.39 bits per heavy atom. The molecule has 98 valence electrons. The summed E-state index contributed by atoms with van der Waals surface area (Å²) in [5.41, 5.74) is 5.36. The van der Waals surface area contributed by atoms with Crippen molar-refractivity contribution >= 4 is 18.1 Å². The van der Waals surface area contributed by atoms with Gasteiger partial charge in [-0.3, -0.25) is 9.80 Å². The SMILES string of the molecule is C=CCN(N=C=O)[C@@H](CCCCN)C(=O)N=C=O. The molecule has 0 rings (SSSR count). The lowest BCUT2D eigenvalue weighted by atomic mass is 10.1. The minimum absolute atomic E-state index is 0.183. The molecule has 7 heteroatoms. The first kappa shape index (κ1) is 15.9. The third-order valence-corrected chi connectivity index (χ3v) is 2.22. The molecule has 0 aromatic carbocycles. The maximum atomic E-state index is 11.6. The molecule has 1 atom stereocenters. The average molecular weight is 252 g/mol. The van der Waals surface area contributed by atoms with Crippen LogP contribution in [0.4, 0.5) is 0 Å². The summed E-state index contributed by atoms with van der Waals surface area (Å²) in [7, 11) is 0. The number of rotatable bonds is 9. The molecular formula is C11H16N4O3. The Morgan fingerprint density at radius 3 is 2.61 bits per heavy atom. The summed E-state index contributed by atoms with van der Waals surface area (Å²) < 4.78 is 0. The van der Waals surface area contributed by atoms with Crippen LogP contribution in [-0.4, -0.2) is 42.2 Å². The maximum Gasteiger partial charge on any atom is 0.280 e. The van der Waals surface area contributed by atoms with E-state index in [1.54, 1.807) is 0 Å². The van der Waals surface area contributed by atoms with Crippen molar-refractivity contribution in [2.45, 2.75) is 25.3 Å². The van der Waals surface area contributed by atoms with E-state index in [1.807, 2.05) is 0 Å². The Bertz CT molecular complexity index is 370. The van der Waals surface area contributed by atoms with Crippen molar-refractivity contribution in [3.63, 3.8) is 0 Å². The van der Waals surface area contributed by atoms with E-state index in [1.165, 1.54) is 23.2 Å². The summed E-state index contributed by atoms with van der Waals surface area (Å²) in [5, 5.41) is 4.61. The van der Waals surface area contributed by atoms with Crippen LogP contribution in [0, 0.1) is 0 Å². The summed E-state index contributed by atoms with van der Waals surface area (Å²) in [4.78, 5) is 35.1. The largest absolute Gasteiger partial charge is 0.330 e. The number of hydrazone groups is 1. The Balaban J connectivity index is 4.88. The third kappa shape index (κ3) is 5.86. The Morgan fingerprint density at radius 2 is 2.11 bits per heavy atom. The Hall–Kier alpha value is -2.07. The molecule has 0 bridgehead atoms. The molecule has 0 radical (unpaired) electrons. The number of carbonyl (C=O) groups is 1. The van der Waals surface area contributed by atoms with Crippen LogP contribution in [0.2, 0.25) is 0 Å². The third-order valence-electron chi connectivity index (χ3n) is 2.22. The number of hydrogen-bond donors (Lipinski definition) is 1. The van der Waals surface area contributed by atoms with Gasteiger partial charge in [0, 0.05) is 0 Å². The van der Waals surface area contributed by atoms with Gasteiger partial charge < -0.3 is 5.73 Å². The zero-order chi connectivity index (χ0) is 13.8. The van der Waals surface area contributed by atoms with Crippen LogP contribution in [0.3, 0.4) is 0 Å². The normalized spacial score (nSPS) is 10.7. The highest BCUT2D eigenvalue weighted by atomic mass is 16.2. The van der Waals surface area contributed by atoms with E-state index in [0.29, 0.717) is 19.4 Å². The average Bonchev–Trinajstić information content (AvgIpc) is 2.35. The van der Waals surface area contributed by atoms with Gasteiger partial charge in [0.1, 0.15) is 6.04 Å². The molecule has 0 aliphatic heterocycles. The minimum atomic E-state index is -0.794. The topological polar surface area (TPSA) is 105 Å². The van der Waals surface area contributed by atoms with Gasteiger partial charge in [0.25, 0.3) is 12.0 Å². The first-order valence-electron chi connectivity index (χ1n) is 5.48. The number of hydrogen-bond acceptors (Lipinski definition) is 6. The summed E-state index contributed by atoms with van der Waals surface area (Å²) in [6, 6.07) is -0.794. The zero-order valence-corrected chi connectivity index (χ0v) is 10.0. The number of carbonyl (C=O) groups excluding carboxylic acids is 3. The van der Waals surface area contributed by atoms with Crippen LogP contribution >= 0.6 is 0 Å². The molecule has 0 aliphatic carbocycles. The first-order chi connectivity index (χ1) is 8.71. The van der Waals surface area contributed by atoms with Crippen molar-refractivity contribution in [1.82, 2.24) is 5.01 Å². The zero-order valence-electron chi connectivity index (χ0n) is 10.0. The second-order valence-corrected chi connectivity index (χ2v) is 3.44. The summed E-state index contributed by atoms with van der Waals surface area (Å²) >= 11 is 0. The predicted octanol–water partition coefficient (Wildman–Crippen LogP) is 0.0852. The highest BCUT2D eigenvalue weighted by Crippen LogP contribution is 2.11. The molecular weight excluding hydrogens is 236 g/mol. The number of unbranched alkanes of at least 4 members (excludes halogenated alkanes) is 1. The molecule has 0 saturated heterocycles. The second kappa shape index (κ2) is 10.1. The Labute approximate surface area is 105 Å². The summed E-state index contributed by atoms with van der Waals surface area (Å²) in [5.74, 6) is -0.692. The highest BCUT2D eigenvalue weighted by molar-refractivity contribution is 5.86. The second-order valence-electron chi connectivity index (χ2n) is 3.44. The van der Waals surface area contributed by atoms with Crippen molar-refractivity contribution in [2.75, 3.05) is 13.1 Å². The van der Waals surface area contributed by atoms with Gasteiger partial charge in [-0.25, -0.2) is 9.59 Å². The highest BCUT2D eigenvalue weighted by Gasteiger charge is 2.24. The molecule has 0 saturated carbocycles. The van der Waals surface area contributed by atoms with Crippen molar-refractivity contribution in [2.24, 2.45) is 15.8 Å². The van der Waals surface area contributed by atoms with Crippen LogP contribution in [0.25, 0.3) is 0 Å². The van der Waals surface area contributed by atoms with Gasteiger partial charge in [-0.05, 0) is 25.8 Å². The fourth-order valence-electron chi connectivity index (χ4n) is 1.42. The van der Waals surface area contributed by atoms with E-state index >= 15 is 0 Å². The summed E-state index contributed by atoms with van der Waals surface area (Å²) in [6.07, 6.45) is 5.79. The molecule has 7 nitrogen and oxygen atoms in total. The van der Waals surface area contributed by atoms with E-state index in [0.717, 1.165) is 6.42 Å². The molecule has 0 unspecified atom stereocenters. The van der Waals surface area contributed by atoms with Crippen LogP contribution in [-0.2, 0) is 14.4 Å². The van der Waals surface area contributed by atoms with E-state index in [4.69, 9.17) is 5.73 Å². The smallest absolute Gasteiger partial charge is 0.280 e. The minimum Gasteiger partial charge on any atom is -0.330 e. The molecule has 18 heavy (non-hydrogen) atoms. The number of isocyanates is 2. The maximum absolute atomic E-state index is 11.6. The van der Waals surface area contributed by atoms with Crippen LogP contribution in [0.5, 0.6) is 0 Å². The van der Waals surface area contributed by atoms with Crippen LogP contribution in [0.1, 0.15) is 19.3 Å². The molecule has 1 amide bonds. The van der Waals surface area contributed by atoms with Gasteiger partial charge in [0.05, 0.1) is 6.54 Å². The van der Waals surface area contributed by atoms with Gasteiger partial charge in [-0.15, -0.1) is 11.6 Å². The van der Waals surface area contributed by atoms with E-state index < -0.39 is 11.9 Å². The number of aliphatic imine (C=N–C) groups is 1. The van der Waals surface area contributed by atoms with Crippen molar-refractivity contribution in [3.8, 4) is 0 Å². The molecule has 2 N–H and O–H groups in total. The lowest BCUT2D eigenvalue weighted by molar-refractivity contribution is -0.123. The van der Waals surface area contributed by atoms with Crippen molar-refractivity contribution < 1.29 is 14.4 Å². The monoisotopic (exact) mass is 252 g/mol. The van der Waals surface area contributed by atoms with Crippen molar-refractivity contribution in [1.29, 1.82) is 0 Å². The van der Waals surface area contributed by atoms with Gasteiger partial charge in [-0.1, -0.05) is 11.2 Å². The molecule has 0 heterocycles. The Kier molecular flexibility index (Phi) is 8.95. The number of nitrogens with zero attached hydrogens (tertiary/aromatic N) is 3. The summed E-state index contributed by atoms with van der Waals surface area (Å²) in [6.45, 7) is 4.18. The first-order valence-corrected chi connectivity index (χ1v) is 5.48. The quantitative estimate of drug-likeness (QED) is 0.206. The number of amides is 1. The van der Waals surface area contributed by atoms with Gasteiger partial charge in [0.15, 0.2) is 0 Å². The van der Waals surface area contributed by atoms with E-state index in [2.05, 4.69) is 16.7 Å². The van der Waals surface area contributed by atoms with Crippen LogP contribution in [0.15, 0.2) is 22.7 Å². The van der Waals surface area contributed by atoms with E-state index in [-0.39, 0.29) is 6.54 Å². The fourth-order valence-corrected chi connectivity index (χ4v) is 1.42. The fraction of sp³-hybridized carbons (Fsp3) is 0.545. The van der Waals surface area contributed by atoms with Gasteiger partial charge in [0.2, 0.25) is 6.08 Å². The van der Waals surface area contributed by atoms with Crippen LogP contribution < -0.4 is 5.73 Å². The standard InChI is InChI=1S/C11H16N4O3/c1-2-7-15(14-9-17)10(5-3-4-6-12)11(18)13-8-16/h2,10H,1,3-7,12H2/t10-/m0/s1. The van der Waals surface area contributed by atoms with Gasteiger partial charge >= 0.3 is 0 Å². The lowest BCUT2D eigenvalue weighted by Gasteiger charge is -2.23. The molecule has 0 aromatic heterocycles. The van der Waals surface area contributed by atoms with Crippen molar-refractivity contribution in [3.05, 3.63) is 12.7 Å². The molecule has 0 aromatic rings. The lowest BCUT2D eigenvalue weighted by Crippen LogP contribution is -2.37. The number of nitrogens with two attached hydrogens (primary N) is 1. The van der Waals surface area contributed by atoms with E-state index in [9.17, 15) is 14.4 Å².